The Hall–Kier alpha value is -0.890. The third-order valence-electron chi connectivity index (χ3n) is 2.99. The van der Waals surface area contributed by atoms with Crippen molar-refractivity contribution in [3.8, 4) is 0 Å². The molecule has 2 unspecified atom stereocenters. The Morgan fingerprint density at radius 2 is 2.07 bits per heavy atom. The minimum atomic E-state index is -0.136. The van der Waals surface area contributed by atoms with E-state index in [-0.39, 0.29) is 17.8 Å². The van der Waals surface area contributed by atoms with Gasteiger partial charge in [0.2, 0.25) is 0 Å². The average molecular weight is 209 g/mol. The van der Waals surface area contributed by atoms with Crippen molar-refractivity contribution in [1.29, 1.82) is 0 Å². The van der Waals surface area contributed by atoms with Gasteiger partial charge in [0, 0.05) is 6.04 Å². The van der Waals surface area contributed by atoms with Gasteiger partial charge >= 0.3 is 0 Å². The van der Waals surface area contributed by atoms with Crippen molar-refractivity contribution >= 4 is 0 Å². The van der Waals surface area contributed by atoms with Crippen LogP contribution in [0.3, 0.4) is 0 Å². The second-order valence-electron chi connectivity index (χ2n) is 4.25. The summed E-state index contributed by atoms with van der Waals surface area (Å²) in [5.41, 5.74) is 7.71. The van der Waals surface area contributed by atoms with Crippen molar-refractivity contribution in [2.24, 2.45) is 5.73 Å². The SMILES string of the molecule is CCCC(N)C(C)c1ccc(C)c(F)c1. The summed E-state index contributed by atoms with van der Waals surface area (Å²) < 4.78 is 13.3. The number of aryl methyl sites for hydroxylation is 1. The molecule has 0 fully saturated rings. The monoisotopic (exact) mass is 209 g/mol. The maximum Gasteiger partial charge on any atom is 0.126 e. The topological polar surface area (TPSA) is 26.0 Å². The largest absolute Gasteiger partial charge is 0.327 e. The van der Waals surface area contributed by atoms with Crippen molar-refractivity contribution in [1.82, 2.24) is 0 Å². The van der Waals surface area contributed by atoms with Crippen LogP contribution in [-0.4, -0.2) is 6.04 Å². The molecule has 0 bridgehead atoms. The van der Waals surface area contributed by atoms with Crippen LogP contribution >= 0.6 is 0 Å². The molecule has 15 heavy (non-hydrogen) atoms. The Labute approximate surface area is 91.5 Å². The van der Waals surface area contributed by atoms with Crippen molar-refractivity contribution in [2.75, 3.05) is 0 Å². The molecule has 0 aromatic heterocycles. The van der Waals surface area contributed by atoms with Crippen LogP contribution in [0.5, 0.6) is 0 Å². The molecule has 0 aliphatic carbocycles. The molecule has 1 aromatic rings. The summed E-state index contributed by atoms with van der Waals surface area (Å²) in [7, 11) is 0. The molecule has 0 saturated heterocycles. The lowest BCUT2D eigenvalue weighted by atomic mass is 9.90. The van der Waals surface area contributed by atoms with E-state index in [1.54, 1.807) is 13.0 Å². The summed E-state index contributed by atoms with van der Waals surface area (Å²) in [6.07, 6.45) is 2.05. The first kappa shape index (κ1) is 12.2. The van der Waals surface area contributed by atoms with Crippen LogP contribution in [0.15, 0.2) is 18.2 Å². The van der Waals surface area contributed by atoms with Crippen molar-refractivity contribution in [3.05, 3.63) is 35.1 Å². The van der Waals surface area contributed by atoms with E-state index in [1.165, 1.54) is 0 Å². The van der Waals surface area contributed by atoms with Gasteiger partial charge in [-0.15, -0.1) is 0 Å². The summed E-state index contributed by atoms with van der Waals surface area (Å²) in [5, 5.41) is 0. The Balaban J connectivity index is 2.81. The molecule has 0 aliphatic heterocycles. The van der Waals surface area contributed by atoms with Crippen LogP contribution in [-0.2, 0) is 0 Å². The lowest BCUT2D eigenvalue weighted by molar-refractivity contribution is 0.518. The molecule has 2 atom stereocenters. The van der Waals surface area contributed by atoms with Gasteiger partial charge in [-0.1, -0.05) is 32.4 Å². The number of hydrogen-bond donors (Lipinski definition) is 1. The Bertz CT molecular complexity index is 322. The van der Waals surface area contributed by atoms with Crippen LogP contribution in [0.2, 0.25) is 0 Å². The smallest absolute Gasteiger partial charge is 0.126 e. The Morgan fingerprint density at radius 3 is 2.60 bits per heavy atom. The highest BCUT2D eigenvalue weighted by atomic mass is 19.1. The number of nitrogens with two attached hydrogens (primary N) is 1. The molecule has 1 nitrogen and oxygen atoms in total. The molecule has 0 saturated carbocycles. The van der Waals surface area contributed by atoms with Gasteiger partial charge in [-0.05, 0) is 36.5 Å². The van der Waals surface area contributed by atoms with Crippen molar-refractivity contribution < 1.29 is 4.39 Å². The summed E-state index contributed by atoms with van der Waals surface area (Å²) in [6, 6.07) is 5.52. The van der Waals surface area contributed by atoms with Crippen LogP contribution in [0.1, 0.15) is 43.7 Å². The fraction of sp³-hybridized carbons (Fsp3) is 0.538. The summed E-state index contributed by atoms with van der Waals surface area (Å²) in [5.74, 6) is 0.0862. The predicted octanol–water partition coefficient (Wildman–Crippen LogP) is 3.37. The van der Waals surface area contributed by atoms with Crippen molar-refractivity contribution in [2.45, 2.75) is 45.6 Å². The van der Waals surface area contributed by atoms with E-state index in [2.05, 4.69) is 13.8 Å². The molecule has 1 rings (SSSR count). The van der Waals surface area contributed by atoms with Gasteiger partial charge in [-0.2, -0.15) is 0 Å². The molecule has 0 amide bonds. The average Bonchev–Trinajstić information content (AvgIpc) is 2.21. The first-order chi connectivity index (χ1) is 7.06. The van der Waals surface area contributed by atoms with Gasteiger partial charge in [0.15, 0.2) is 0 Å². The summed E-state index contributed by atoms with van der Waals surface area (Å²) >= 11 is 0. The highest BCUT2D eigenvalue weighted by molar-refractivity contribution is 5.26. The van der Waals surface area contributed by atoms with Crippen LogP contribution < -0.4 is 5.73 Å². The molecule has 0 radical (unpaired) electrons. The van der Waals surface area contributed by atoms with E-state index in [1.807, 2.05) is 12.1 Å². The van der Waals surface area contributed by atoms with E-state index in [4.69, 9.17) is 5.73 Å². The molecule has 1 aromatic carbocycles. The van der Waals surface area contributed by atoms with Gasteiger partial charge in [0.05, 0.1) is 0 Å². The van der Waals surface area contributed by atoms with E-state index >= 15 is 0 Å². The second kappa shape index (κ2) is 5.26. The van der Waals surface area contributed by atoms with Gasteiger partial charge in [0.25, 0.3) is 0 Å². The number of benzene rings is 1. The first-order valence-corrected chi connectivity index (χ1v) is 5.58. The number of halogens is 1. The fourth-order valence-electron chi connectivity index (χ4n) is 1.72. The van der Waals surface area contributed by atoms with E-state index in [0.29, 0.717) is 5.56 Å². The van der Waals surface area contributed by atoms with Gasteiger partial charge in [0.1, 0.15) is 5.82 Å². The van der Waals surface area contributed by atoms with Crippen LogP contribution in [0.4, 0.5) is 4.39 Å². The molecular formula is C13H20FN. The fourth-order valence-corrected chi connectivity index (χ4v) is 1.72. The van der Waals surface area contributed by atoms with Gasteiger partial charge in [-0.3, -0.25) is 0 Å². The molecule has 2 heteroatoms. The normalized spacial score (nSPS) is 15.0. The van der Waals surface area contributed by atoms with E-state index in [9.17, 15) is 4.39 Å². The highest BCUT2D eigenvalue weighted by Gasteiger charge is 2.14. The quantitative estimate of drug-likeness (QED) is 0.808. The Morgan fingerprint density at radius 1 is 1.40 bits per heavy atom. The van der Waals surface area contributed by atoms with E-state index < -0.39 is 0 Å². The molecule has 84 valence electrons. The predicted molar refractivity (Wildman–Crippen MR) is 62.4 cm³/mol. The lowest BCUT2D eigenvalue weighted by Gasteiger charge is -2.20. The zero-order valence-electron chi connectivity index (χ0n) is 9.76. The molecular weight excluding hydrogens is 189 g/mol. The van der Waals surface area contributed by atoms with Crippen LogP contribution in [0, 0.1) is 12.7 Å². The van der Waals surface area contributed by atoms with Crippen molar-refractivity contribution in [3.63, 3.8) is 0 Å². The number of hydrogen-bond acceptors (Lipinski definition) is 1. The minimum absolute atomic E-state index is 0.122. The third-order valence-corrected chi connectivity index (χ3v) is 2.99. The molecule has 2 N–H and O–H groups in total. The molecule has 0 spiro atoms. The maximum atomic E-state index is 13.3. The third kappa shape index (κ3) is 3.03. The first-order valence-electron chi connectivity index (χ1n) is 5.58. The maximum absolute atomic E-state index is 13.3. The standard InChI is InChI=1S/C13H20FN/c1-4-5-13(15)10(3)11-7-6-9(2)12(14)8-11/h6-8,10,13H,4-5,15H2,1-3H3. The highest BCUT2D eigenvalue weighted by Crippen LogP contribution is 2.22. The second-order valence-corrected chi connectivity index (χ2v) is 4.25. The Kier molecular flexibility index (Phi) is 4.28. The van der Waals surface area contributed by atoms with Gasteiger partial charge < -0.3 is 5.73 Å². The zero-order valence-corrected chi connectivity index (χ0v) is 9.76. The lowest BCUT2D eigenvalue weighted by Crippen LogP contribution is -2.26. The molecule has 0 heterocycles. The zero-order chi connectivity index (χ0) is 11.4. The van der Waals surface area contributed by atoms with E-state index in [0.717, 1.165) is 18.4 Å². The van der Waals surface area contributed by atoms with Crippen LogP contribution in [0.25, 0.3) is 0 Å². The number of rotatable bonds is 4. The summed E-state index contributed by atoms with van der Waals surface area (Å²) in [6.45, 7) is 5.95. The van der Waals surface area contributed by atoms with Gasteiger partial charge in [-0.25, -0.2) is 4.39 Å². The molecule has 0 aliphatic rings. The summed E-state index contributed by atoms with van der Waals surface area (Å²) in [4.78, 5) is 0. The minimum Gasteiger partial charge on any atom is -0.327 e.